The van der Waals surface area contributed by atoms with Crippen molar-refractivity contribution in [3.8, 4) is 0 Å². The van der Waals surface area contributed by atoms with E-state index in [0.717, 1.165) is 4.88 Å². The molecular formula is C10H16O2S. The SMILES string of the molecule is COC(C)(C)C(O)c1ccc(C)s1. The van der Waals surface area contributed by atoms with Crippen LogP contribution in [0.15, 0.2) is 12.1 Å². The van der Waals surface area contributed by atoms with E-state index in [1.54, 1.807) is 18.4 Å². The summed E-state index contributed by atoms with van der Waals surface area (Å²) in [5, 5.41) is 9.95. The minimum atomic E-state index is -0.545. The Balaban J connectivity index is 2.84. The van der Waals surface area contributed by atoms with Crippen molar-refractivity contribution >= 4 is 11.3 Å². The van der Waals surface area contributed by atoms with Crippen molar-refractivity contribution in [3.63, 3.8) is 0 Å². The van der Waals surface area contributed by atoms with Gasteiger partial charge in [0.15, 0.2) is 0 Å². The molecule has 0 spiro atoms. The number of aryl methyl sites for hydroxylation is 1. The van der Waals surface area contributed by atoms with Gasteiger partial charge in [-0.15, -0.1) is 11.3 Å². The molecule has 13 heavy (non-hydrogen) atoms. The first-order chi connectivity index (χ1) is 5.97. The van der Waals surface area contributed by atoms with Crippen LogP contribution in [0.1, 0.15) is 29.7 Å². The Morgan fingerprint density at radius 1 is 1.46 bits per heavy atom. The highest BCUT2D eigenvalue weighted by molar-refractivity contribution is 7.12. The molecule has 1 heterocycles. The van der Waals surface area contributed by atoms with Crippen molar-refractivity contribution in [2.75, 3.05) is 7.11 Å². The number of rotatable bonds is 3. The Morgan fingerprint density at radius 3 is 2.46 bits per heavy atom. The molecule has 0 aliphatic carbocycles. The third-order valence-electron chi connectivity index (χ3n) is 2.22. The van der Waals surface area contributed by atoms with Gasteiger partial charge in [-0.25, -0.2) is 0 Å². The summed E-state index contributed by atoms with van der Waals surface area (Å²) in [5.41, 5.74) is -0.517. The molecule has 1 N–H and O–H groups in total. The van der Waals surface area contributed by atoms with Crippen molar-refractivity contribution < 1.29 is 9.84 Å². The number of aliphatic hydroxyl groups excluding tert-OH is 1. The van der Waals surface area contributed by atoms with Gasteiger partial charge < -0.3 is 9.84 Å². The van der Waals surface area contributed by atoms with Crippen LogP contribution >= 0.6 is 11.3 Å². The average Bonchev–Trinajstić information content (AvgIpc) is 2.50. The number of ether oxygens (including phenoxy) is 1. The summed E-state index contributed by atoms with van der Waals surface area (Å²) in [4.78, 5) is 2.17. The maximum atomic E-state index is 9.95. The lowest BCUT2D eigenvalue weighted by molar-refractivity contribution is -0.0778. The molecule has 0 radical (unpaired) electrons. The third-order valence-corrected chi connectivity index (χ3v) is 3.27. The summed E-state index contributed by atoms with van der Waals surface area (Å²) < 4.78 is 5.22. The molecule has 1 rings (SSSR count). The zero-order valence-corrected chi connectivity index (χ0v) is 9.31. The summed E-state index contributed by atoms with van der Waals surface area (Å²) in [7, 11) is 1.61. The molecule has 3 heteroatoms. The van der Waals surface area contributed by atoms with E-state index in [2.05, 4.69) is 0 Å². The van der Waals surface area contributed by atoms with Gasteiger partial charge in [-0.3, -0.25) is 0 Å². The second-order valence-electron chi connectivity index (χ2n) is 3.66. The highest BCUT2D eigenvalue weighted by Gasteiger charge is 2.29. The highest BCUT2D eigenvalue weighted by Crippen LogP contribution is 2.32. The van der Waals surface area contributed by atoms with Crippen molar-refractivity contribution in [2.24, 2.45) is 0 Å². The number of thiophene rings is 1. The molecule has 2 nitrogen and oxygen atoms in total. The van der Waals surface area contributed by atoms with E-state index < -0.39 is 11.7 Å². The van der Waals surface area contributed by atoms with Crippen LogP contribution in [-0.2, 0) is 4.74 Å². The van der Waals surface area contributed by atoms with E-state index >= 15 is 0 Å². The first kappa shape index (κ1) is 10.7. The van der Waals surface area contributed by atoms with Crippen LogP contribution in [0.4, 0.5) is 0 Å². The lowest BCUT2D eigenvalue weighted by Crippen LogP contribution is -2.30. The van der Waals surface area contributed by atoms with Gasteiger partial charge in [0.2, 0.25) is 0 Å². The van der Waals surface area contributed by atoms with Gasteiger partial charge in [0.25, 0.3) is 0 Å². The first-order valence-corrected chi connectivity index (χ1v) is 5.08. The molecule has 0 aliphatic rings. The number of aliphatic hydroxyl groups is 1. The minimum Gasteiger partial charge on any atom is -0.385 e. The van der Waals surface area contributed by atoms with Crippen LogP contribution in [0.5, 0.6) is 0 Å². The van der Waals surface area contributed by atoms with E-state index in [-0.39, 0.29) is 0 Å². The lowest BCUT2D eigenvalue weighted by Gasteiger charge is -2.28. The number of methoxy groups -OCH3 is 1. The molecule has 1 aromatic rings. The second-order valence-corrected chi connectivity index (χ2v) is 4.98. The Bertz CT molecular complexity index is 278. The first-order valence-electron chi connectivity index (χ1n) is 4.27. The maximum Gasteiger partial charge on any atom is 0.116 e. The molecule has 1 aromatic heterocycles. The van der Waals surface area contributed by atoms with Gasteiger partial charge >= 0.3 is 0 Å². The fraction of sp³-hybridized carbons (Fsp3) is 0.600. The van der Waals surface area contributed by atoms with Crippen molar-refractivity contribution in [3.05, 3.63) is 21.9 Å². The molecule has 0 amide bonds. The summed E-state index contributed by atoms with van der Waals surface area (Å²) >= 11 is 1.61. The van der Waals surface area contributed by atoms with Gasteiger partial charge in [0.05, 0.1) is 5.60 Å². The zero-order chi connectivity index (χ0) is 10.1. The minimum absolute atomic E-state index is 0.517. The van der Waals surface area contributed by atoms with E-state index in [1.165, 1.54) is 4.88 Å². The zero-order valence-electron chi connectivity index (χ0n) is 8.50. The average molecular weight is 200 g/mol. The van der Waals surface area contributed by atoms with E-state index in [9.17, 15) is 5.11 Å². The van der Waals surface area contributed by atoms with Crippen molar-refractivity contribution in [1.29, 1.82) is 0 Å². The fourth-order valence-electron chi connectivity index (χ4n) is 1.05. The quantitative estimate of drug-likeness (QED) is 0.812. The van der Waals surface area contributed by atoms with Crippen molar-refractivity contribution in [2.45, 2.75) is 32.5 Å². The van der Waals surface area contributed by atoms with Crippen LogP contribution < -0.4 is 0 Å². The van der Waals surface area contributed by atoms with Crippen LogP contribution in [0.2, 0.25) is 0 Å². The van der Waals surface area contributed by atoms with E-state index in [1.807, 2.05) is 32.9 Å². The summed E-state index contributed by atoms with van der Waals surface area (Å²) in [6.07, 6.45) is -0.545. The molecular weight excluding hydrogens is 184 g/mol. The molecule has 74 valence electrons. The fourth-order valence-corrected chi connectivity index (χ4v) is 2.09. The van der Waals surface area contributed by atoms with E-state index in [0.29, 0.717) is 0 Å². The Hall–Kier alpha value is -0.380. The van der Waals surface area contributed by atoms with Crippen molar-refractivity contribution in [1.82, 2.24) is 0 Å². The number of hydrogen-bond donors (Lipinski definition) is 1. The second kappa shape index (κ2) is 3.78. The predicted molar refractivity (Wildman–Crippen MR) is 55.1 cm³/mol. The highest BCUT2D eigenvalue weighted by atomic mass is 32.1. The van der Waals surface area contributed by atoms with Gasteiger partial charge in [-0.2, -0.15) is 0 Å². The van der Waals surface area contributed by atoms with Crippen LogP contribution in [0.25, 0.3) is 0 Å². The van der Waals surface area contributed by atoms with Gasteiger partial charge in [-0.05, 0) is 32.9 Å². The lowest BCUT2D eigenvalue weighted by atomic mass is 10.0. The van der Waals surface area contributed by atoms with E-state index in [4.69, 9.17) is 4.74 Å². The molecule has 0 bridgehead atoms. The predicted octanol–water partition coefficient (Wildman–Crippen LogP) is 2.51. The monoisotopic (exact) mass is 200 g/mol. The summed E-state index contributed by atoms with van der Waals surface area (Å²) in [6.45, 7) is 5.79. The molecule has 0 aliphatic heterocycles. The Kier molecular flexibility index (Phi) is 3.11. The molecule has 0 aromatic carbocycles. The van der Waals surface area contributed by atoms with Gasteiger partial charge in [0, 0.05) is 16.9 Å². The molecule has 0 fully saturated rings. The van der Waals surface area contributed by atoms with Gasteiger partial charge in [0.1, 0.15) is 6.10 Å². The summed E-state index contributed by atoms with van der Waals surface area (Å²) in [5.74, 6) is 0. The molecule has 1 unspecified atom stereocenters. The Labute approximate surface area is 83.2 Å². The maximum absolute atomic E-state index is 9.95. The standard InChI is InChI=1S/C10H16O2S/c1-7-5-6-8(13-7)9(11)10(2,3)12-4/h5-6,9,11H,1-4H3. The molecule has 0 saturated carbocycles. The van der Waals surface area contributed by atoms with Crippen LogP contribution in [0, 0.1) is 6.92 Å². The molecule has 0 saturated heterocycles. The van der Waals surface area contributed by atoms with Crippen LogP contribution in [-0.4, -0.2) is 17.8 Å². The topological polar surface area (TPSA) is 29.5 Å². The van der Waals surface area contributed by atoms with Crippen LogP contribution in [0.3, 0.4) is 0 Å². The van der Waals surface area contributed by atoms with Gasteiger partial charge in [-0.1, -0.05) is 0 Å². The Morgan fingerprint density at radius 2 is 2.08 bits per heavy atom. The normalized spacial score (nSPS) is 14.5. The number of hydrogen-bond acceptors (Lipinski definition) is 3. The molecule has 1 atom stereocenters. The summed E-state index contributed by atoms with van der Waals surface area (Å²) in [6, 6.07) is 3.96. The third kappa shape index (κ3) is 2.30. The smallest absolute Gasteiger partial charge is 0.116 e. The largest absolute Gasteiger partial charge is 0.385 e.